The molecule has 200 valence electrons. The van der Waals surface area contributed by atoms with Crippen LogP contribution in [0.15, 0.2) is 64.1 Å². The summed E-state index contributed by atoms with van der Waals surface area (Å²) in [6.07, 6.45) is 3.77. The van der Waals surface area contributed by atoms with Crippen LogP contribution in [0.2, 0.25) is 0 Å². The molecule has 4 atom stereocenters. The fourth-order valence-electron chi connectivity index (χ4n) is 6.66. The number of amides is 2. The molecule has 8 nitrogen and oxygen atoms in total. The van der Waals surface area contributed by atoms with Crippen molar-refractivity contribution in [3.8, 4) is 17.2 Å². The predicted molar refractivity (Wildman–Crippen MR) is 142 cm³/mol. The highest BCUT2D eigenvalue weighted by Gasteiger charge is 2.56. The molecule has 9 heteroatoms. The van der Waals surface area contributed by atoms with Gasteiger partial charge in [-0.15, -0.1) is 11.3 Å². The van der Waals surface area contributed by atoms with Crippen LogP contribution in [0.25, 0.3) is 0 Å². The summed E-state index contributed by atoms with van der Waals surface area (Å²) in [5.41, 5.74) is 2.04. The van der Waals surface area contributed by atoms with E-state index in [1.165, 1.54) is 42.6 Å². The molecule has 1 aliphatic heterocycles. The van der Waals surface area contributed by atoms with Crippen LogP contribution in [0, 0.1) is 17.8 Å². The molecule has 0 bridgehead atoms. The molecule has 0 radical (unpaired) electrons. The first-order valence-corrected chi connectivity index (χ1v) is 13.7. The number of carbonyl (C=O) groups excluding carboxylic acids is 4. The Hall–Kier alpha value is -3.98. The van der Waals surface area contributed by atoms with E-state index in [1.54, 1.807) is 13.0 Å². The van der Waals surface area contributed by atoms with Crippen LogP contribution >= 0.6 is 11.3 Å². The van der Waals surface area contributed by atoms with E-state index in [-0.39, 0.29) is 47.7 Å². The van der Waals surface area contributed by atoms with Crippen molar-refractivity contribution in [2.75, 3.05) is 14.2 Å². The third-order valence-corrected chi connectivity index (χ3v) is 9.25. The topological polar surface area (TPSA) is 110 Å². The zero-order valence-electron chi connectivity index (χ0n) is 21.7. The van der Waals surface area contributed by atoms with Gasteiger partial charge in [0.1, 0.15) is 17.2 Å². The number of aromatic hydroxyl groups is 1. The van der Waals surface area contributed by atoms with Gasteiger partial charge in [0.2, 0.25) is 11.8 Å². The summed E-state index contributed by atoms with van der Waals surface area (Å²) in [5, 5.41) is 13.1. The van der Waals surface area contributed by atoms with E-state index < -0.39 is 23.7 Å². The summed E-state index contributed by atoms with van der Waals surface area (Å²) < 4.78 is 10.9. The Balaban J connectivity index is 1.51. The average molecular weight is 546 g/mol. The highest BCUT2D eigenvalue weighted by atomic mass is 32.1. The maximum atomic E-state index is 13.8. The van der Waals surface area contributed by atoms with Gasteiger partial charge >= 0.3 is 0 Å². The molecule has 6 rings (SSSR count). The number of rotatable bonds is 5. The normalized spacial score (nSPS) is 26.2. The Morgan fingerprint density at radius 2 is 1.87 bits per heavy atom. The summed E-state index contributed by atoms with van der Waals surface area (Å²) in [5.74, 6) is -2.99. The summed E-state index contributed by atoms with van der Waals surface area (Å²) in [6.45, 7) is 1.82. The van der Waals surface area contributed by atoms with Gasteiger partial charge < -0.3 is 14.6 Å². The van der Waals surface area contributed by atoms with Gasteiger partial charge in [0.25, 0.3) is 0 Å². The van der Waals surface area contributed by atoms with Crippen molar-refractivity contribution in [2.45, 2.75) is 32.2 Å². The van der Waals surface area contributed by atoms with Crippen LogP contribution in [0.1, 0.15) is 36.1 Å². The molecule has 2 amide bonds. The van der Waals surface area contributed by atoms with Gasteiger partial charge in [-0.25, -0.2) is 0 Å². The van der Waals surface area contributed by atoms with Crippen molar-refractivity contribution in [1.29, 1.82) is 0 Å². The van der Waals surface area contributed by atoms with Crippen LogP contribution in [-0.2, 0) is 25.7 Å². The fourth-order valence-corrected chi connectivity index (χ4v) is 7.35. The Morgan fingerprint density at radius 3 is 2.56 bits per heavy atom. The second-order valence-electron chi connectivity index (χ2n) is 10.3. The molecular weight excluding hydrogens is 518 g/mol. The van der Waals surface area contributed by atoms with Crippen molar-refractivity contribution in [2.24, 2.45) is 17.8 Å². The van der Waals surface area contributed by atoms with Crippen LogP contribution in [0.3, 0.4) is 0 Å². The second kappa shape index (κ2) is 9.34. The molecule has 2 heterocycles. The van der Waals surface area contributed by atoms with Crippen LogP contribution in [0.4, 0.5) is 0 Å². The standard InChI is InChI=1S/C30H27NO7S/c1-14-9-21(32)25-20(28(14)34)12-19-17(26(25)27-22(33)10-15(37-2)11-23(27)38-3)6-7-18-24(19)30(36)31(29(18)35)13-16-5-4-8-39-16/h4-6,8-11,18-19,24,26,33H,7,12-13H2,1-3H3/t18-,19+,24-,26-/m0/s1. The maximum absolute atomic E-state index is 13.8. The number of fused-ring (bicyclic) bond motifs is 3. The van der Waals surface area contributed by atoms with E-state index in [9.17, 15) is 24.3 Å². The third-order valence-electron chi connectivity index (χ3n) is 8.39. The zero-order valence-corrected chi connectivity index (χ0v) is 22.5. The largest absolute Gasteiger partial charge is 0.507 e. The number of phenols is 1. The molecule has 39 heavy (non-hydrogen) atoms. The number of methoxy groups -OCH3 is 2. The number of benzene rings is 1. The minimum atomic E-state index is -0.810. The molecule has 1 aromatic carbocycles. The molecule has 3 aliphatic carbocycles. The Bertz CT molecular complexity index is 1530. The van der Waals surface area contributed by atoms with Gasteiger partial charge in [0.05, 0.1) is 32.6 Å². The van der Waals surface area contributed by atoms with Gasteiger partial charge in [-0.05, 0) is 43.2 Å². The van der Waals surface area contributed by atoms with E-state index in [0.29, 0.717) is 34.6 Å². The molecule has 2 aromatic rings. The maximum Gasteiger partial charge on any atom is 0.234 e. The lowest BCUT2D eigenvalue weighted by Gasteiger charge is -2.42. The van der Waals surface area contributed by atoms with Crippen molar-refractivity contribution in [3.63, 3.8) is 0 Å². The number of carbonyl (C=O) groups is 4. The van der Waals surface area contributed by atoms with Gasteiger partial charge in [-0.2, -0.15) is 0 Å². The number of allylic oxidation sites excluding steroid dienone is 6. The number of Topliss-reactive ketones (excluding diaryl/α,β-unsaturated/α-hetero) is 1. The minimum absolute atomic E-state index is 0.147. The van der Waals surface area contributed by atoms with Crippen molar-refractivity contribution in [3.05, 3.63) is 74.5 Å². The third kappa shape index (κ3) is 3.78. The summed E-state index contributed by atoms with van der Waals surface area (Å²) in [6, 6.07) is 6.84. The quantitative estimate of drug-likeness (QED) is 0.342. The van der Waals surface area contributed by atoms with Gasteiger partial charge in [-0.1, -0.05) is 17.7 Å². The lowest BCUT2D eigenvalue weighted by molar-refractivity contribution is -0.140. The lowest BCUT2D eigenvalue weighted by Crippen LogP contribution is -2.39. The smallest absolute Gasteiger partial charge is 0.234 e. The first-order valence-electron chi connectivity index (χ1n) is 12.8. The summed E-state index contributed by atoms with van der Waals surface area (Å²) in [7, 11) is 2.93. The number of ketones is 2. The minimum Gasteiger partial charge on any atom is -0.507 e. The van der Waals surface area contributed by atoms with Crippen LogP contribution in [-0.4, -0.2) is 47.6 Å². The van der Waals surface area contributed by atoms with E-state index in [2.05, 4.69) is 0 Å². The van der Waals surface area contributed by atoms with Gasteiger partial charge in [-0.3, -0.25) is 24.1 Å². The number of thiophene rings is 1. The van der Waals surface area contributed by atoms with Crippen molar-refractivity contribution >= 4 is 34.7 Å². The van der Waals surface area contributed by atoms with E-state index >= 15 is 0 Å². The average Bonchev–Trinajstić information content (AvgIpc) is 3.53. The molecule has 4 aliphatic rings. The molecule has 1 fully saturated rings. The van der Waals surface area contributed by atoms with Crippen LogP contribution in [0.5, 0.6) is 17.2 Å². The molecule has 0 unspecified atom stereocenters. The number of likely N-dealkylation sites (tertiary alicyclic amines) is 1. The van der Waals surface area contributed by atoms with E-state index in [0.717, 1.165) is 10.5 Å². The van der Waals surface area contributed by atoms with Crippen molar-refractivity contribution in [1.82, 2.24) is 4.90 Å². The van der Waals surface area contributed by atoms with Crippen LogP contribution < -0.4 is 9.47 Å². The fraction of sp³-hybridized carbons (Fsp3) is 0.333. The molecule has 0 saturated carbocycles. The Labute approximate surface area is 229 Å². The number of ether oxygens (including phenoxy) is 2. The molecule has 0 spiro atoms. The molecule has 1 N–H and O–H groups in total. The summed E-state index contributed by atoms with van der Waals surface area (Å²) >= 11 is 1.48. The monoisotopic (exact) mass is 545 g/mol. The second-order valence-corrected chi connectivity index (χ2v) is 11.4. The molecular formula is C30H27NO7S. The number of phenolic OH excluding ortho intramolecular Hbond substituents is 1. The highest BCUT2D eigenvalue weighted by Crippen LogP contribution is 2.57. The number of imide groups is 1. The molecule has 1 saturated heterocycles. The number of hydrogen-bond donors (Lipinski definition) is 1. The first-order chi connectivity index (χ1) is 18.7. The predicted octanol–water partition coefficient (Wildman–Crippen LogP) is 4.10. The van der Waals surface area contributed by atoms with Gasteiger partial charge in [0, 0.05) is 45.2 Å². The highest BCUT2D eigenvalue weighted by molar-refractivity contribution is 7.09. The van der Waals surface area contributed by atoms with E-state index in [1.807, 2.05) is 23.6 Å². The van der Waals surface area contributed by atoms with Crippen molar-refractivity contribution < 1.29 is 33.8 Å². The molecule has 1 aromatic heterocycles. The SMILES string of the molecule is COc1cc(O)c([C@H]2C3=CC[C@@H]4C(=O)N(Cc5cccs5)C(=O)[C@@H]4[C@@H]3CC3=C2C(=O)C=C(C)C3=O)c(OC)c1. The Kier molecular flexibility index (Phi) is 6.06. The zero-order chi connectivity index (χ0) is 27.6. The number of hydrogen-bond acceptors (Lipinski definition) is 8. The summed E-state index contributed by atoms with van der Waals surface area (Å²) in [4.78, 5) is 56.4. The van der Waals surface area contributed by atoms with E-state index in [4.69, 9.17) is 9.47 Å². The lowest BCUT2D eigenvalue weighted by atomic mass is 9.59. The first kappa shape index (κ1) is 25.3. The number of nitrogens with zero attached hydrogens (tertiary/aromatic N) is 1. The Morgan fingerprint density at radius 1 is 1.08 bits per heavy atom. The van der Waals surface area contributed by atoms with Gasteiger partial charge in [0.15, 0.2) is 11.6 Å².